The summed E-state index contributed by atoms with van der Waals surface area (Å²) in [5.74, 6) is 1.10. The minimum absolute atomic E-state index is 0.0164. The fraction of sp³-hybridized carbons (Fsp3) is 0.905. The van der Waals surface area contributed by atoms with E-state index in [-0.39, 0.29) is 40.8 Å². The molecule has 0 bridgehead atoms. The highest BCUT2D eigenvalue weighted by Gasteiger charge is 2.68. The number of aliphatic hydroxyl groups is 2. The Balaban J connectivity index is 1.71. The molecule has 4 saturated carbocycles. The van der Waals surface area contributed by atoms with Gasteiger partial charge in [0.1, 0.15) is 11.4 Å². The van der Waals surface area contributed by atoms with Gasteiger partial charge in [0.15, 0.2) is 5.78 Å². The Morgan fingerprint density at radius 1 is 1.12 bits per heavy atom. The van der Waals surface area contributed by atoms with Crippen LogP contribution in [-0.4, -0.2) is 33.5 Å². The van der Waals surface area contributed by atoms with Crippen LogP contribution in [0.3, 0.4) is 0 Å². The lowest BCUT2D eigenvalue weighted by Crippen LogP contribution is -2.61. The molecule has 4 aliphatic rings. The topological polar surface area (TPSA) is 74.6 Å². The molecule has 0 aromatic rings. The van der Waals surface area contributed by atoms with Crippen molar-refractivity contribution in [3.05, 3.63) is 0 Å². The van der Waals surface area contributed by atoms with Crippen LogP contribution >= 0.6 is 0 Å². The van der Waals surface area contributed by atoms with Gasteiger partial charge < -0.3 is 10.2 Å². The standard InChI is InChI=1S/C21H32O4/c1-12(22)21(25)9-7-16-15-5-4-13-10-14(23)6-8-19(13,2)18(15)17(24)11-20(16,21)3/h13-16,18,23,25H,4-11H2,1-3H3/t13-,14+,15+,16+,18-,19-,20+,21+/m0/s1. The van der Waals surface area contributed by atoms with Crippen molar-refractivity contribution in [2.24, 2.45) is 34.5 Å². The molecule has 4 fully saturated rings. The minimum atomic E-state index is -1.33. The Kier molecular flexibility index (Phi) is 3.81. The van der Waals surface area contributed by atoms with Crippen molar-refractivity contribution in [2.45, 2.75) is 83.8 Å². The lowest BCUT2D eigenvalue weighted by molar-refractivity contribution is -0.178. The van der Waals surface area contributed by atoms with Gasteiger partial charge in [-0.25, -0.2) is 0 Å². The monoisotopic (exact) mass is 348 g/mol. The molecule has 4 heteroatoms. The molecule has 0 saturated heterocycles. The predicted octanol–water partition coefficient (Wildman–Crippen LogP) is 2.89. The number of ketones is 2. The molecule has 8 atom stereocenters. The quantitative estimate of drug-likeness (QED) is 0.764. The largest absolute Gasteiger partial charge is 0.393 e. The van der Waals surface area contributed by atoms with Gasteiger partial charge in [-0.1, -0.05) is 13.8 Å². The molecular weight excluding hydrogens is 316 g/mol. The molecule has 2 N–H and O–H groups in total. The van der Waals surface area contributed by atoms with E-state index in [0.717, 1.165) is 38.5 Å². The number of carbonyl (C=O) groups excluding carboxylic acids is 2. The lowest BCUT2D eigenvalue weighted by Gasteiger charge is -2.60. The minimum Gasteiger partial charge on any atom is -0.393 e. The van der Waals surface area contributed by atoms with Crippen molar-refractivity contribution < 1.29 is 19.8 Å². The maximum Gasteiger partial charge on any atom is 0.161 e. The summed E-state index contributed by atoms with van der Waals surface area (Å²) in [6.07, 6.45) is 6.07. The fourth-order valence-electron chi connectivity index (χ4n) is 7.63. The Morgan fingerprint density at radius 3 is 2.52 bits per heavy atom. The van der Waals surface area contributed by atoms with Gasteiger partial charge in [-0.05, 0) is 75.0 Å². The summed E-state index contributed by atoms with van der Waals surface area (Å²) >= 11 is 0. The van der Waals surface area contributed by atoms with E-state index in [9.17, 15) is 19.8 Å². The predicted molar refractivity (Wildman–Crippen MR) is 93.8 cm³/mol. The second-order valence-corrected chi connectivity index (χ2v) is 9.97. The van der Waals surface area contributed by atoms with Crippen LogP contribution in [0.1, 0.15) is 72.1 Å². The van der Waals surface area contributed by atoms with Gasteiger partial charge in [0.2, 0.25) is 0 Å². The number of carbonyl (C=O) groups is 2. The van der Waals surface area contributed by atoms with Crippen LogP contribution in [0.2, 0.25) is 0 Å². The van der Waals surface area contributed by atoms with Crippen molar-refractivity contribution in [1.82, 2.24) is 0 Å². The average molecular weight is 348 g/mol. The van der Waals surface area contributed by atoms with E-state index in [2.05, 4.69) is 6.92 Å². The average Bonchev–Trinajstić information content (AvgIpc) is 2.80. The Hall–Kier alpha value is -0.740. The summed E-state index contributed by atoms with van der Waals surface area (Å²) in [4.78, 5) is 25.6. The van der Waals surface area contributed by atoms with E-state index in [1.54, 1.807) is 0 Å². The molecule has 4 nitrogen and oxygen atoms in total. The zero-order valence-corrected chi connectivity index (χ0v) is 15.8. The maximum atomic E-state index is 13.3. The zero-order chi connectivity index (χ0) is 18.2. The van der Waals surface area contributed by atoms with Crippen molar-refractivity contribution in [2.75, 3.05) is 0 Å². The van der Waals surface area contributed by atoms with Gasteiger partial charge in [-0.2, -0.15) is 0 Å². The van der Waals surface area contributed by atoms with E-state index in [1.807, 2.05) is 6.92 Å². The van der Waals surface area contributed by atoms with Gasteiger partial charge >= 0.3 is 0 Å². The lowest BCUT2D eigenvalue weighted by atomic mass is 9.44. The maximum absolute atomic E-state index is 13.3. The SMILES string of the molecule is CC(=O)[C@]1(O)CC[C@@H]2[C@H]3CC[C@H]4C[C@H](O)CC[C@]4(C)[C@@H]3C(=O)C[C@]21C. The normalized spacial score (nSPS) is 55.2. The second-order valence-electron chi connectivity index (χ2n) is 9.97. The number of fused-ring (bicyclic) bond motifs is 5. The summed E-state index contributed by atoms with van der Waals surface area (Å²) < 4.78 is 0. The zero-order valence-electron chi connectivity index (χ0n) is 15.8. The third-order valence-corrected chi connectivity index (χ3v) is 9.06. The molecule has 0 aromatic heterocycles. The van der Waals surface area contributed by atoms with E-state index in [4.69, 9.17) is 0 Å². The molecule has 0 radical (unpaired) electrons. The van der Waals surface area contributed by atoms with Crippen molar-refractivity contribution in [3.8, 4) is 0 Å². The third-order valence-electron chi connectivity index (χ3n) is 9.06. The first-order valence-corrected chi connectivity index (χ1v) is 10.1. The van der Waals surface area contributed by atoms with Gasteiger partial charge in [0, 0.05) is 17.8 Å². The molecule has 0 aromatic carbocycles. The first-order valence-electron chi connectivity index (χ1n) is 10.1. The Bertz CT molecular complexity index is 615. The van der Waals surface area contributed by atoms with Crippen LogP contribution in [0.25, 0.3) is 0 Å². The highest BCUT2D eigenvalue weighted by Crippen LogP contribution is 2.67. The molecule has 0 heterocycles. The Morgan fingerprint density at radius 2 is 1.84 bits per heavy atom. The molecule has 0 aliphatic heterocycles. The number of aliphatic hydroxyl groups excluding tert-OH is 1. The van der Waals surface area contributed by atoms with Gasteiger partial charge in [0.05, 0.1) is 6.10 Å². The first kappa shape index (κ1) is 17.7. The van der Waals surface area contributed by atoms with Gasteiger partial charge in [-0.15, -0.1) is 0 Å². The highest BCUT2D eigenvalue weighted by molar-refractivity contribution is 5.90. The summed E-state index contributed by atoms with van der Waals surface area (Å²) in [6, 6.07) is 0. The van der Waals surface area contributed by atoms with E-state index in [0.29, 0.717) is 18.8 Å². The van der Waals surface area contributed by atoms with Crippen LogP contribution in [0.5, 0.6) is 0 Å². The molecule has 4 aliphatic carbocycles. The summed E-state index contributed by atoms with van der Waals surface area (Å²) in [5.41, 5.74) is -1.95. The molecular formula is C21H32O4. The summed E-state index contributed by atoms with van der Waals surface area (Å²) in [7, 11) is 0. The summed E-state index contributed by atoms with van der Waals surface area (Å²) in [6.45, 7) is 5.73. The van der Waals surface area contributed by atoms with Gasteiger partial charge in [-0.3, -0.25) is 9.59 Å². The fourth-order valence-corrected chi connectivity index (χ4v) is 7.63. The number of hydrogen-bond donors (Lipinski definition) is 2. The van der Waals surface area contributed by atoms with Crippen LogP contribution in [-0.2, 0) is 9.59 Å². The smallest absolute Gasteiger partial charge is 0.161 e. The number of hydrogen-bond acceptors (Lipinski definition) is 4. The Labute approximate surface area is 150 Å². The first-order chi connectivity index (χ1) is 11.6. The van der Waals surface area contributed by atoms with Crippen LogP contribution < -0.4 is 0 Å². The van der Waals surface area contributed by atoms with E-state index >= 15 is 0 Å². The molecule has 140 valence electrons. The molecule has 4 rings (SSSR count). The van der Waals surface area contributed by atoms with Gasteiger partial charge in [0.25, 0.3) is 0 Å². The van der Waals surface area contributed by atoms with E-state index in [1.165, 1.54) is 6.92 Å². The second kappa shape index (κ2) is 5.39. The number of rotatable bonds is 1. The molecule has 0 unspecified atom stereocenters. The molecule has 25 heavy (non-hydrogen) atoms. The van der Waals surface area contributed by atoms with Crippen molar-refractivity contribution >= 4 is 11.6 Å². The number of Topliss-reactive ketones (excluding diaryl/α,β-unsaturated/α-hetero) is 2. The van der Waals surface area contributed by atoms with Crippen LogP contribution in [0.15, 0.2) is 0 Å². The van der Waals surface area contributed by atoms with E-state index < -0.39 is 11.0 Å². The molecule has 0 amide bonds. The molecule has 0 spiro atoms. The van der Waals surface area contributed by atoms with Crippen LogP contribution in [0.4, 0.5) is 0 Å². The highest BCUT2D eigenvalue weighted by atomic mass is 16.3. The summed E-state index contributed by atoms with van der Waals surface area (Å²) in [5, 5.41) is 21.2. The van der Waals surface area contributed by atoms with Crippen LogP contribution in [0, 0.1) is 34.5 Å². The van der Waals surface area contributed by atoms with Crippen molar-refractivity contribution in [3.63, 3.8) is 0 Å². The third kappa shape index (κ3) is 2.13. The van der Waals surface area contributed by atoms with Crippen molar-refractivity contribution in [1.29, 1.82) is 0 Å².